The van der Waals surface area contributed by atoms with Crippen molar-refractivity contribution in [2.24, 2.45) is 5.92 Å². The lowest BCUT2D eigenvalue weighted by Gasteiger charge is -2.27. The van der Waals surface area contributed by atoms with Crippen LogP contribution in [0.3, 0.4) is 0 Å². The number of ether oxygens (including phenoxy) is 1. The van der Waals surface area contributed by atoms with Gasteiger partial charge in [0.1, 0.15) is 6.04 Å². The zero-order chi connectivity index (χ0) is 19.7. The van der Waals surface area contributed by atoms with Crippen LogP contribution in [0, 0.1) is 5.92 Å². The SMILES string of the molecule is CC(C)[C@@H](C(=O)OCC(=O)N1CCNC1=O)N1C(=O)c2ccccc2C1=O. The fourth-order valence-corrected chi connectivity index (χ4v) is 3.14. The highest BCUT2D eigenvalue weighted by molar-refractivity contribution is 6.22. The Kier molecular flexibility index (Phi) is 4.93. The van der Waals surface area contributed by atoms with Gasteiger partial charge >= 0.3 is 12.0 Å². The van der Waals surface area contributed by atoms with E-state index in [0.29, 0.717) is 6.54 Å². The van der Waals surface area contributed by atoms with Gasteiger partial charge in [-0.3, -0.25) is 24.2 Å². The first-order chi connectivity index (χ1) is 12.8. The van der Waals surface area contributed by atoms with Crippen molar-refractivity contribution in [2.45, 2.75) is 19.9 Å². The van der Waals surface area contributed by atoms with Crippen LogP contribution in [0.2, 0.25) is 0 Å². The first kappa shape index (κ1) is 18.6. The summed E-state index contributed by atoms with van der Waals surface area (Å²) in [5.41, 5.74) is 0.455. The van der Waals surface area contributed by atoms with Crippen LogP contribution >= 0.6 is 0 Å². The summed E-state index contributed by atoms with van der Waals surface area (Å²) in [7, 11) is 0. The van der Waals surface area contributed by atoms with Crippen molar-refractivity contribution in [2.75, 3.05) is 19.7 Å². The maximum absolute atomic E-state index is 12.6. The lowest BCUT2D eigenvalue weighted by Crippen LogP contribution is -2.49. The van der Waals surface area contributed by atoms with E-state index in [1.54, 1.807) is 26.0 Å². The highest BCUT2D eigenvalue weighted by atomic mass is 16.5. The molecule has 142 valence electrons. The number of urea groups is 1. The minimum atomic E-state index is -1.17. The van der Waals surface area contributed by atoms with E-state index in [4.69, 9.17) is 4.74 Å². The van der Waals surface area contributed by atoms with E-state index < -0.39 is 48.3 Å². The van der Waals surface area contributed by atoms with E-state index in [1.165, 1.54) is 12.1 Å². The monoisotopic (exact) mass is 373 g/mol. The second-order valence-corrected chi connectivity index (χ2v) is 6.60. The number of rotatable bonds is 5. The van der Waals surface area contributed by atoms with Crippen molar-refractivity contribution < 1.29 is 28.7 Å². The fourth-order valence-electron chi connectivity index (χ4n) is 3.14. The van der Waals surface area contributed by atoms with Gasteiger partial charge in [0, 0.05) is 13.1 Å². The van der Waals surface area contributed by atoms with Crippen LogP contribution in [0.25, 0.3) is 0 Å². The Morgan fingerprint density at radius 1 is 1.11 bits per heavy atom. The molecule has 0 aliphatic carbocycles. The molecular formula is C18H19N3O6. The largest absolute Gasteiger partial charge is 0.454 e. The molecule has 0 unspecified atom stereocenters. The molecule has 1 N–H and O–H groups in total. The molecule has 3 rings (SSSR count). The smallest absolute Gasteiger partial charge is 0.330 e. The second-order valence-electron chi connectivity index (χ2n) is 6.60. The number of imide groups is 2. The molecule has 1 aromatic rings. The molecule has 1 aromatic carbocycles. The van der Waals surface area contributed by atoms with E-state index >= 15 is 0 Å². The molecule has 9 nitrogen and oxygen atoms in total. The normalized spacial score (nSPS) is 17.2. The van der Waals surface area contributed by atoms with Crippen molar-refractivity contribution in [3.05, 3.63) is 35.4 Å². The molecule has 0 radical (unpaired) electrons. The first-order valence-corrected chi connectivity index (χ1v) is 8.54. The molecule has 2 aliphatic heterocycles. The molecule has 0 bridgehead atoms. The molecule has 27 heavy (non-hydrogen) atoms. The number of benzene rings is 1. The minimum Gasteiger partial charge on any atom is -0.454 e. The van der Waals surface area contributed by atoms with Crippen LogP contribution in [0.15, 0.2) is 24.3 Å². The molecule has 2 aliphatic rings. The standard InChI is InChI=1S/C18H19N3O6/c1-10(2)14(17(25)27-9-13(22)20-8-7-19-18(20)26)21-15(23)11-5-3-4-6-12(11)16(21)24/h3-6,10,14H,7-9H2,1-2H3,(H,19,26)/t14-/m0/s1. The topological polar surface area (TPSA) is 113 Å². The summed E-state index contributed by atoms with van der Waals surface area (Å²) in [5.74, 6) is -3.10. The second kappa shape index (κ2) is 7.18. The van der Waals surface area contributed by atoms with Gasteiger partial charge in [0.05, 0.1) is 11.1 Å². The van der Waals surface area contributed by atoms with E-state index in [-0.39, 0.29) is 17.7 Å². The fraction of sp³-hybridized carbons (Fsp3) is 0.389. The van der Waals surface area contributed by atoms with Crippen molar-refractivity contribution in [1.82, 2.24) is 15.1 Å². The Labute approximate surface area is 155 Å². The summed E-state index contributed by atoms with van der Waals surface area (Å²) in [4.78, 5) is 63.1. The van der Waals surface area contributed by atoms with Crippen molar-refractivity contribution in [3.63, 3.8) is 0 Å². The predicted octanol–water partition coefficient (Wildman–Crippen LogP) is 0.402. The molecule has 5 amide bonds. The summed E-state index contributed by atoms with van der Waals surface area (Å²) < 4.78 is 5.04. The van der Waals surface area contributed by atoms with Crippen molar-refractivity contribution in [1.29, 1.82) is 0 Å². The van der Waals surface area contributed by atoms with Gasteiger partial charge < -0.3 is 10.1 Å². The number of nitrogens with zero attached hydrogens (tertiary/aromatic N) is 2. The van der Waals surface area contributed by atoms with E-state index in [9.17, 15) is 24.0 Å². The summed E-state index contributed by atoms with van der Waals surface area (Å²) in [6.45, 7) is 3.23. The molecule has 9 heteroatoms. The van der Waals surface area contributed by atoms with E-state index in [0.717, 1.165) is 9.80 Å². The average Bonchev–Trinajstić information content (AvgIpc) is 3.17. The van der Waals surface area contributed by atoms with Crippen LogP contribution in [-0.4, -0.2) is 65.3 Å². The highest BCUT2D eigenvalue weighted by Gasteiger charge is 2.44. The van der Waals surface area contributed by atoms with Gasteiger partial charge in [0.15, 0.2) is 6.61 Å². The maximum Gasteiger partial charge on any atom is 0.330 e. The van der Waals surface area contributed by atoms with Gasteiger partial charge in [-0.1, -0.05) is 26.0 Å². The number of carbonyl (C=O) groups is 5. The van der Waals surface area contributed by atoms with Crippen LogP contribution in [0.1, 0.15) is 34.6 Å². The van der Waals surface area contributed by atoms with Crippen molar-refractivity contribution >= 4 is 29.7 Å². The predicted molar refractivity (Wildman–Crippen MR) is 91.6 cm³/mol. The number of fused-ring (bicyclic) bond motifs is 1. The minimum absolute atomic E-state index is 0.196. The zero-order valence-corrected chi connectivity index (χ0v) is 14.9. The van der Waals surface area contributed by atoms with Gasteiger partial charge in [0.2, 0.25) is 0 Å². The maximum atomic E-state index is 12.6. The Morgan fingerprint density at radius 2 is 1.70 bits per heavy atom. The van der Waals surface area contributed by atoms with Crippen LogP contribution < -0.4 is 5.32 Å². The van der Waals surface area contributed by atoms with Crippen LogP contribution in [0.4, 0.5) is 4.79 Å². The molecule has 0 spiro atoms. The van der Waals surface area contributed by atoms with Crippen LogP contribution in [0.5, 0.6) is 0 Å². The van der Waals surface area contributed by atoms with Gasteiger partial charge in [-0.2, -0.15) is 0 Å². The first-order valence-electron chi connectivity index (χ1n) is 8.54. The quantitative estimate of drug-likeness (QED) is 0.591. The molecule has 0 saturated carbocycles. The lowest BCUT2D eigenvalue weighted by atomic mass is 10.0. The highest BCUT2D eigenvalue weighted by Crippen LogP contribution is 2.27. The summed E-state index contributed by atoms with van der Waals surface area (Å²) >= 11 is 0. The van der Waals surface area contributed by atoms with Crippen molar-refractivity contribution in [3.8, 4) is 0 Å². The molecule has 1 atom stereocenters. The van der Waals surface area contributed by atoms with Gasteiger partial charge in [-0.15, -0.1) is 0 Å². The molecule has 0 aromatic heterocycles. The Morgan fingerprint density at radius 3 is 2.19 bits per heavy atom. The molecule has 1 fully saturated rings. The molecule has 1 saturated heterocycles. The Balaban J connectivity index is 1.73. The van der Waals surface area contributed by atoms with Gasteiger partial charge in [-0.05, 0) is 18.1 Å². The Bertz CT molecular complexity index is 799. The summed E-state index contributed by atoms with van der Waals surface area (Å²) in [6, 6.07) is 4.60. The van der Waals surface area contributed by atoms with Gasteiger partial charge in [-0.25, -0.2) is 9.59 Å². The number of amides is 5. The van der Waals surface area contributed by atoms with Crippen LogP contribution in [-0.2, 0) is 14.3 Å². The third-order valence-electron chi connectivity index (χ3n) is 4.47. The van der Waals surface area contributed by atoms with E-state index in [1.807, 2.05) is 0 Å². The number of hydrogen-bond acceptors (Lipinski definition) is 6. The number of nitrogens with one attached hydrogen (secondary N) is 1. The number of hydrogen-bond donors (Lipinski definition) is 1. The summed E-state index contributed by atoms with van der Waals surface area (Å²) in [6.07, 6.45) is 0. The van der Waals surface area contributed by atoms with E-state index in [2.05, 4.69) is 5.32 Å². The average molecular weight is 373 g/mol. The molecular weight excluding hydrogens is 354 g/mol. The summed E-state index contributed by atoms with van der Waals surface area (Å²) in [5, 5.41) is 2.47. The number of esters is 1. The van der Waals surface area contributed by atoms with Gasteiger partial charge in [0.25, 0.3) is 17.7 Å². The zero-order valence-electron chi connectivity index (χ0n) is 14.9. The third kappa shape index (κ3) is 3.27. The molecule has 2 heterocycles. The lowest BCUT2D eigenvalue weighted by molar-refractivity contribution is -0.155. The third-order valence-corrected chi connectivity index (χ3v) is 4.47. The number of carbonyl (C=O) groups excluding carboxylic acids is 5. The Hall–Kier alpha value is -3.23.